The van der Waals surface area contributed by atoms with Crippen molar-refractivity contribution >= 4 is 33.9 Å². The zero-order valence-electron chi connectivity index (χ0n) is 11.8. The van der Waals surface area contributed by atoms with Gasteiger partial charge in [0.05, 0.1) is 0 Å². The molecule has 0 spiro atoms. The summed E-state index contributed by atoms with van der Waals surface area (Å²) < 4.78 is 0. The molecule has 3 aromatic rings. The fourth-order valence-corrected chi connectivity index (χ4v) is 2.70. The zero-order valence-corrected chi connectivity index (χ0v) is 12.6. The molecule has 1 heterocycles. The Kier molecular flexibility index (Phi) is 3.88. The lowest BCUT2D eigenvalue weighted by Crippen LogP contribution is -2.27. The van der Waals surface area contributed by atoms with Crippen LogP contribution in [0.5, 0.6) is 0 Å². The number of anilines is 1. The number of H-pyrrole nitrogens is 1. The summed E-state index contributed by atoms with van der Waals surface area (Å²) in [4.78, 5) is 3.25. The summed E-state index contributed by atoms with van der Waals surface area (Å²) in [5.41, 5.74) is 4.52. The minimum Gasteiger partial charge on any atom is -0.363 e. The van der Waals surface area contributed by atoms with E-state index < -0.39 is 0 Å². The van der Waals surface area contributed by atoms with E-state index in [1.807, 2.05) is 25.3 Å². The fourth-order valence-electron chi connectivity index (χ4n) is 2.44. The van der Waals surface area contributed by atoms with Gasteiger partial charge in [0.1, 0.15) is 0 Å². The van der Waals surface area contributed by atoms with E-state index in [9.17, 15) is 0 Å². The van der Waals surface area contributed by atoms with Crippen LogP contribution in [0.3, 0.4) is 0 Å². The molecular formula is C17H17N3S. The Morgan fingerprint density at radius 1 is 1.14 bits per heavy atom. The molecule has 0 bridgehead atoms. The average Bonchev–Trinajstić information content (AvgIpc) is 2.96. The molecule has 0 fully saturated rings. The number of nitrogens with one attached hydrogen (secondary N) is 3. The van der Waals surface area contributed by atoms with E-state index in [2.05, 4.69) is 52.0 Å². The third kappa shape index (κ3) is 2.90. The standard InChI is InChI=1S/C17H17N3S/c1-2-18-17(21)20-13-6-3-5-12(11-13)14-7-4-8-16-15(14)9-10-19-16/h3-11,19H,2H2,1H3,(H2,18,20,21). The maximum Gasteiger partial charge on any atom is 0.170 e. The van der Waals surface area contributed by atoms with Gasteiger partial charge in [-0.1, -0.05) is 24.3 Å². The van der Waals surface area contributed by atoms with Gasteiger partial charge in [0.15, 0.2) is 5.11 Å². The number of benzene rings is 2. The second kappa shape index (κ2) is 5.97. The Morgan fingerprint density at radius 3 is 2.86 bits per heavy atom. The predicted molar refractivity (Wildman–Crippen MR) is 93.6 cm³/mol. The van der Waals surface area contributed by atoms with E-state index in [-0.39, 0.29) is 0 Å². The Morgan fingerprint density at radius 2 is 2.00 bits per heavy atom. The SMILES string of the molecule is CCNC(=S)Nc1cccc(-c2cccc3[nH]ccc23)c1. The number of fused-ring (bicyclic) bond motifs is 1. The predicted octanol–water partition coefficient (Wildman–Crippen LogP) is 4.14. The van der Waals surface area contributed by atoms with Crippen LogP contribution in [0.4, 0.5) is 5.69 Å². The molecule has 0 atom stereocenters. The number of aromatic nitrogens is 1. The summed E-state index contributed by atoms with van der Waals surface area (Å²) in [6, 6.07) is 16.7. The van der Waals surface area contributed by atoms with Gasteiger partial charge in [-0.2, -0.15) is 0 Å². The molecule has 3 N–H and O–H groups in total. The van der Waals surface area contributed by atoms with Crippen LogP contribution in [-0.2, 0) is 0 Å². The first-order chi connectivity index (χ1) is 10.3. The fraction of sp³-hybridized carbons (Fsp3) is 0.118. The third-order valence-corrected chi connectivity index (χ3v) is 3.61. The van der Waals surface area contributed by atoms with Crippen LogP contribution >= 0.6 is 12.2 Å². The highest BCUT2D eigenvalue weighted by Gasteiger charge is 2.05. The van der Waals surface area contributed by atoms with Gasteiger partial charge in [-0.3, -0.25) is 0 Å². The summed E-state index contributed by atoms with van der Waals surface area (Å²) in [5.74, 6) is 0. The molecule has 3 rings (SSSR count). The van der Waals surface area contributed by atoms with Crippen molar-refractivity contribution in [3.63, 3.8) is 0 Å². The quantitative estimate of drug-likeness (QED) is 0.636. The monoisotopic (exact) mass is 295 g/mol. The molecule has 0 saturated carbocycles. The zero-order chi connectivity index (χ0) is 14.7. The molecule has 3 nitrogen and oxygen atoms in total. The average molecular weight is 295 g/mol. The second-order valence-corrected chi connectivity index (χ2v) is 5.22. The molecule has 0 aliphatic heterocycles. The second-order valence-electron chi connectivity index (χ2n) is 4.81. The maximum atomic E-state index is 5.23. The van der Waals surface area contributed by atoms with Crippen LogP contribution in [0, 0.1) is 0 Å². The Bertz CT molecular complexity index is 776. The van der Waals surface area contributed by atoms with Crippen molar-refractivity contribution < 1.29 is 0 Å². The van der Waals surface area contributed by atoms with E-state index in [0.29, 0.717) is 5.11 Å². The lowest BCUT2D eigenvalue weighted by atomic mass is 10.0. The van der Waals surface area contributed by atoms with Gasteiger partial charge in [0.2, 0.25) is 0 Å². The highest BCUT2D eigenvalue weighted by Crippen LogP contribution is 2.29. The molecule has 0 amide bonds. The summed E-state index contributed by atoms with van der Waals surface area (Å²) >= 11 is 5.23. The number of rotatable bonds is 3. The van der Waals surface area contributed by atoms with Crippen LogP contribution in [0.25, 0.3) is 22.0 Å². The van der Waals surface area contributed by atoms with Gasteiger partial charge in [-0.05, 0) is 54.5 Å². The van der Waals surface area contributed by atoms with Gasteiger partial charge in [0, 0.05) is 29.3 Å². The van der Waals surface area contributed by atoms with Crippen LogP contribution in [0.2, 0.25) is 0 Å². The molecule has 106 valence electrons. The van der Waals surface area contributed by atoms with E-state index in [4.69, 9.17) is 12.2 Å². The first-order valence-electron chi connectivity index (χ1n) is 6.99. The number of hydrogen-bond donors (Lipinski definition) is 3. The van der Waals surface area contributed by atoms with Crippen molar-refractivity contribution in [2.75, 3.05) is 11.9 Å². The van der Waals surface area contributed by atoms with E-state index in [1.54, 1.807) is 0 Å². The summed E-state index contributed by atoms with van der Waals surface area (Å²) in [5, 5.41) is 8.17. The van der Waals surface area contributed by atoms with Crippen molar-refractivity contribution in [2.24, 2.45) is 0 Å². The molecule has 0 radical (unpaired) electrons. The lowest BCUT2D eigenvalue weighted by molar-refractivity contribution is 0.979. The number of thiocarbonyl (C=S) groups is 1. The summed E-state index contributed by atoms with van der Waals surface area (Å²) in [7, 11) is 0. The molecule has 21 heavy (non-hydrogen) atoms. The van der Waals surface area contributed by atoms with E-state index in [0.717, 1.165) is 17.7 Å². The molecule has 4 heteroatoms. The molecule has 0 aliphatic carbocycles. The minimum absolute atomic E-state index is 0.648. The normalized spacial score (nSPS) is 10.5. The minimum atomic E-state index is 0.648. The topological polar surface area (TPSA) is 39.8 Å². The smallest absolute Gasteiger partial charge is 0.170 e. The van der Waals surface area contributed by atoms with Gasteiger partial charge in [-0.25, -0.2) is 0 Å². The Balaban J connectivity index is 1.96. The largest absolute Gasteiger partial charge is 0.363 e. The Hall–Kier alpha value is -2.33. The first-order valence-corrected chi connectivity index (χ1v) is 7.40. The molecule has 0 unspecified atom stereocenters. The van der Waals surface area contributed by atoms with E-state index in [1.165, 1.54) is 16.5 Å². The van der Waals surface area contributed by atoms with Crippen molar-refractivity contribution in [2.45, 2.75) is 6.92 Å². The molecule has 1 aromatic heterocycles. The van der Waals surface area contributed by atoms with Crippen LogP contribution < -0.4 is 10.6 Å². The molecule has 0 aliphatic rings. The third-order valence-electron chi connectivity index (χ3n) is 3.36. The van der Waals surface area contributed by atoms with Gasteiger partial charge < -0.3 is 15.6 Å². The van der Waals surface area contributed by atoms with Gasteiger partial charge >= 0.3 is 0 Å². The van der Waals surface area contributed by atoms with Gasteiger partial charge in [-0.15, -0.1) is 0 Å². The van der Waals surface area contributed by atoms with Crippen LogP contribution in [0.15, 0.2) is 54.7 Å². The first kappa shape index (κ1) is 13.6. The van der Waals surface area contributed by atoms with Gasteiger partial charge in [0.25, 0.3) is 0 Å². The Labute approximate surface area is 129 Å². The highest BCUT2D eigenvalue weighted by atomic mass is 32.1. The summed E-state index contributed by atoms with van der Waals surface area (Å²) in [6.45, 7) is 2.84. The van der Waals surface area contributed by atoms with Crippen molar-refractivity contribution in [3.05, 3.63) is 54.7 Å². The van der Waals surface area contributed by atoms with Crippen molar-refractivity contribution in [1.82, 2.24) is 10.3 Å². The maximum absolute atomic E-state index is 5.23. The highest BCUT2D eigenvalue weighted by molar-refractivity contribution is 7.80. The molecular weight excluding hydrogens is 278 g/mol. The number of hydrogen-bond acceptors (Lipinski definition) is 1. The van der Waals surface area contributed by atoms with Crippen LogP contribution in [-0.4, -0.2) is 16.6 Å². The molecule has 2 aromatic carbocycles. The van der Waals surface area contributed by atoms with Crippen molar-refractivity contribution in [1.29, 1.82) is 0 Å². The van der Waals surface area contributed by atoms with Crippen LogP contribution in [0.1, 0.15) is 6.92 Å². The van der Waals surface area contributed by atoms with E-state index >= 15 is 0 Å². The number of aromatic amines is 1. The lowest BCUT2D eigenvalue weighted by Gasteiger charge is -2.11. The summed E-state index contributed by atoms with van der Waals surface area (Å²) in [6.07, 6.45) is 1.97. The van der Waals surface area contributed by atoms with Crippen molar-refractivity contribution in [3.8, 4) is 11.1 Å². The molecule has 0 saturated heterocycles.